The molecule has 0 bridgehead atoms. The lowest BCUT2D eigenvalue weighted by Crippen LogP contribution is -2.39. The van der Waals surface area contributed by atoms with Crippen molar-refractivity contribution >= 4 is 5.69 Å². The summed E-state index contributed by atoms with van der Waals surface area (Å²) in [6.45, 7) is 3.25. The molecule has 3 nitrogen and oxygen atoms in total. The Morgan fingerprint density at radius 2 is 2.26 bits per heavy atom. The lowest BCUT2D eigenvalue weighted by molar-refractivity contribution is 0.282. The summed E-state index contributed by atoms with van der Waals surface area (Å²) in [5, 5.41) is 18.5. The van der Waals surface area contributed by atoms with Crippen molar-refractivity contribution in [3.63, 3.8) is 0 Å². The van der Waals surface area contributed by atoms with E-state index in [4.69, 9.17) is 0 Å². The van der Waals surface area contributed by atoms with E-state index in [9.17, 15) is 10.4 Å². The molecule has 1 aliphatic rings. The van der Waals surface area contributed by atoms with Crippen molar-refractivity contribution in [2.45, 2.75) is 51.7 Å². The monoisotopic (exact) mass is 258 g/mol. The van der Waals surface area contributed by atoms with E-state index >= 15 is 0 Å². The van der Waals surface area contributed by atoms with Gasteiger partial charge < -0.3 is 10.0 Å². The zero-order chi connectivity index (χ0) is 13.7. The van der Waals surface area contributed by atoms with Crippen LogP contribution in [0.4, 0.5) is 5.69 Å². The van der Waals surface area contributed by atoms with E-state index in [-0.39, 0.29) is 6.61 Å². The second-order valence-corrected chi connectivity index (χ2v) is 5.25. The van der Waals surface area contributed by atoms with E-state index in [1.54, 1.807) is 0 Å². The molecule has 0 radical (unpaired) electrons. The summed E-state index contributed by atoms with van der Waals surface area (Å²) in [6, 6.07) is 8.57. The van der Waals surface area contributed by atoms with Crippen LogP contribution in [0.15, 0.2) is 18.2 Å². The first-order valence-corrected chi connectivity index (χ1v) is 7.20. The minimum atomic E-state index is -0.00660. The number of hydrogen-bond acceptors (Lipinski definition) is 3. The van der Waals surface area contributed by atoms with E-state index in [1.165, 1.54) is 32.1 Å². The lowest BCUT2D eigenvalue weighted by atomic mass is 9.96. The molecule has 1 atom stereocenters. The average molecular weight is 258 g/mol. The Hall–Kier alpha value is -1.53. The van der Waals surface area contributed by atoms with Crippen molar-refractivity contribution in [2.75, 3.05) is 11.4 Å². The highest BCUT2D eigenvalue weighted by atomic mass is 16.3. The third-order valence-corrected chi connectivity index (χ3v) is 3.92. The second-order valence-electron chi connectivity index (χ2n) is 5.25. The Morgan fingerprint density at radius 3 is 2.95 bits per heavy atom. The Morgan fingerprint density at radius 1 is 1.42 bits per heavy atom. The fraction of sp³-hybridized carbons (Fsp3) is 0.562. The van der Waals surface area contributed by atoms with Crippen molar-refractivity contribution in [1.29, 1.82) is 5.26 Å². The summed E-state index contributed by atoms with van der Waals surface area (Å²) in [5.74, 6) is 0. The minimum absolute atomic E-state index is 0.00660. The number of nitriles is 1. The van der Waals surface area contributed by atoms with Crippen LogP contribution in [-0.4, -0.2) is 17.7 Å². The van der Waals surface area contributed by atoms with Gasteiger partial charge in [-0.3, -0.25) is 0 Å². The molecule has 19 heavy (non-hydrogen) atoms. The maximum atomic E-state index is 9.33. The van der Waals surface area contributed by atoms with E-state index in [0.717, 1.165) is 17.8 Å². The number of aliphatic hydroxyl groups excluding tert-OH is 1. The van der Waals surface area contributed by atoms with Gasteiger partial charge in [-0.05, 0) is 43.4 Å². The predicted molar refractivity (Wildman–Crippen MR) is 77.0 cm³/mol. The van der Waals surface area contributed by atoms with Gasteiger partial charge in [-0.1, -0.05) is 19.4 Å². The van der Waals surface area contributed by atoms with Crippen LogP contribution >= 0.6 is 0 Å². The van der Waals surface area contributed by atoms with Gasteiger partial charge in [-0.2, -0.15) is 5.26 Å². The van der Waals surface area contributed by atoms with Crippen LogP contribution in [0.2, 0.25) is 0 Å². The van der Waals surface area contributed by atoms with Crippen molar-refractivity contribution in [1.82, 2.24) is 0 Å². The largest absolute Gasteiger partial charge is 0.392 e. The predicted octanol–water partition coefficient (Wildman–Crippen LogP) is 3.21. The molecule has 1 saturated heterocycles. The number of piperidine rings is 1. The van der Waals surface area contributed by atoms with E-state index < -0.39 is 0 Å². The highest BCUT2D eigenvalue weighted by molar-refractivity contribution is 5.61. The molecule has 1 N–H and O–H groups in total. The summed E-state index contributed by atoms with van der Waals surface area (Å²) in [4.78, 5) is 2.40. The Kier molecular flexibility index (Phi) is 4.81. The van der Waals surface area contributed by atoms with Gasteiger partial charge in [0.25, 0.3) is 0 Å². The zero-order valence-electron chi connectivity index (χ0n) is 11.6. The number of aliphatic hydroxyl groups is 1. The maximum Gasteiger partial charge on any atom is 0.101 e. The molecular formula is C16H22N2O. The van der Waals surface area contributed by atoms with E-state index in [0.29, 0.717) is 11.6 Å². The van der Waals surface area contributed by atoms with Crippen molar-refractivity contribution < 1.29 is 5.11 Å². The van der Waals surface area contributed by atoms with Gasteiger partial charge >= 0.3 is 0 Å². The summed E-state index contributed by atoms with van der Waals surface area (Å²) in [5.41, 5.74) is 2.54. The summed E-state index contributed by atoms with van der Waals surface area (Å²) < 4.78 is 0. The second kappa shape index (κ2) is 6.58. The smallest absolute Gasteiger partial charge is 0.101 e. The standard InChI is InChI=1S/C16H22N2O/c1-2-5-15-6-3-4-9-18(15)16-8-7-13(12-19)10-14(16)11-17/h7-8,10,15,19H,2-6,9,12H2,1H3. The van der Waals surface area contributed by atoms with Crippen LogP contribution < -0.4 is 4.90 Å². The first-order valence-electron chi connectivity index (χ1n) is 7.20. The Balaban J connectivity index is 2.30. The number of anilines is 1. The van der Waals surface area contributed by atoms with Crippen LogP contribution in [0.25, 0.3) is 0 Å². The van der Waals surface area contributed by atoms with E-state index in [1.807, 2.05) is 18.2 Å². The quantitative estimate of drug-likeness (QED) is 0.902. The molecule has 1 aromatic carbocycles. The molecule has 0 saturated carbocycles. The topological polar surface area (TPSA) is 47.3 Å². The molecule has 2 rings (SSSR count). The van der Waals surface area contributed by atoms with Crippen LogP contribution in [-0.2, 0) is 6.61 Å². The lowest BCUT2D eigenvalue weighted by Gasteiger charge is -2.38. The van der Waals surface area contributed by atoms with Gasteiger partial charge in [0.15, 0.2) is 0 Å². The summed E-state index contributed by atoms with van der Waals surface area (Å²) in [7, 11) is 0. The highest BCUT2D eigenvalue weighted by Crippen LogP contribution is 2.30. The summed E-state index contributed by atoms with van der Waals surface area (Å²) >= 11 is 0. The van der Waals surface area contributed by atoms with Gasteiger partial charge in [-0.25, -0.2) is 0 Å². The summed E-state index contributed by atoms with van der Waals surface area (Å²) in [6.07, 6.45) is 6.08. The molecule has 3 heteroatoms. The molecule has 1 aromatic rings. The molecule has 102 valence electrons. The molecule has 1 aliphatic heterocycles. The third kappa shape index (κ3) is 3.08. The molecule has 0 spiro atoms. The van der Waals surface area contributed by atoms with Gasteiger partial charge in [0, 0.05) is 12.6 Å². The molecule has 1 unspecified atom stereocenters. The molecule has 0 aliphatic carbocycles. The fourth-order valence-corrected chi connectivity index (χ4v) is 2.97. The number of benzene rings is 1. The minimum Gasteiger partial charge on any atom is -0.392 e. The number of rotatable bonds is 4. The SMILES string of the molecule is CCCC1CCCCN1c1ccc(CO)cc1C#N. The van der Waals surface area contributed by atoms with Gasteiger partial charge in [0.05, 0.1) is 17.9 Å². The molecular weight excluding hydrogens is 236 g/mol. The van der Waals surface area contributed by atoms with Gasteiger partial charge in [0.1, 0.15) is 6.07 Å². The molecule has 1 heterocycles. The van der Waals surface area contributed by atoms with Crippen LogP contribution in [0.3, 0.4) is 0 Å². The highest BCUT2D eigenvalue weighted by Gasteiger charge is 2.23. The average Bonchev–Trinajstić information content (AvgIpc) is 2.47. The first kappa shape index (κ1) is 13.9. The van der Waals surface area contributed by atoms with Gasteiger partial charge in [-0.15, -0.1) is 0 Å². The van der Waals surface area contributed by atoms with Crippen LogP contribution in [0.1, 0.15) is 50.2 Å². The molecule has 0 amide bonds. The molecule has 0 aromatic heterocycles. The first-order chi connectivity index (χ1) is 9.30. The zero-order valence-corrected chi connectivity index (χ0v) is 11.6. The maximum absolute atomic E-state index is 9.33. The number of hydrogen-bond donors (Lipinski definition) is 1. The fourth-order valence-electron chi connectivity index (χ4n) is 2.97. The Labute approximate surface area is 115 Å². The number of nitrogens with zero attached hydrogens (tertiary/aromatic N) is 2. The normalized spacial score (nSPS) is 19.2. The van der Waals surface area contributed by atoms with Crippen molar-refractivity contribution in [3.05, 3.63) is 29.3 Å². The van der Waals surface area contributed by atoms with Crippen LogP contribution in [0, 0.1) is 11.3 Å². The van der Waals surface area contributed by atoms with Crippen molar-refractivity contribution in [2.24, 2.45) is 0 Å². The van der Waals surface area contributed by atoms with Crippen molar-refractivity contribution in [3.8, 4) is 6.07 Å². The Bertz CT molecular complexity index is 462. The van der Waals surface area contributed by atoms with E-state index in [2.05, 4.69) is 17.9 Å². The van der Waals surface area contributed by atoms with Gasteiger partial charge in [0.2, 0.25) is 0 Å². The molecule has 1 fully saturated rings. The third-order valence-electron chi connectivity index (χ3n) is 3.92. The van der Waals surface area contributed by atoms with Crippen LogP contribution in [0.5, 0.6) is 0 Å².